The molecule has 0 aliphatic heterocycles. The van der Waals surface area contributed by atoms with Crippen molar-refractivity contribution in [1.29, 1.82) is 0 Å². The van der Waals surface area contributed by atoms with E-state index in [0.29, 0.717) is 5.92 Å². The van der Waals surface area contributed by atoms with E-state index in [4.69, 9.17) is 0 Å². The summed E-state index contributed by atoms with van der Waals surface area (Å²) in [5, 5.41) is 3.54. The first-order chi connectivity index (χ1) is 10.1. The molecule has 0 bridgehead atoms. The van der Waals surface area contributed by atoms with Gasteiger partial charge in [0.05, 0.1) is 0 Å². The van der Waals surface area contributed by atoms with Crippen LogP contribution in [0.4, 0.5) is 5.69 Å². The van der Waals surface area contributed by atoms with Gasteiger partial charge in [-0.2, -0.15) is 0 Å². The smallest absolute Gasteiger partial charge is 0.0343 e. The molecule has 0 aliphatic carbocycles. The Hall–Kier alpha value is -1.80. The molecule has 21 heavy (non-hydrogen) atoms. The Bertz CT molecular complexity index is 534. The molecule has 2 rings (SSSR count). The van der Waals surface area contributed by atoms with E-state index < -0.39 is 0 Å². The summed E-state index contributed by atoms with van der Waals surface area (Å²) < 4.78 is 0. The van der Waals surface area contributed by atoms with E-state index in [1.807, 2.05) is 0 Å². The van der Waals surface area contributed by atoms with Gasteiger partial charge in [-0.15, -0.1) is 0 Å². The van der Waals surface area contributed by atoms with Crippen molar-refractivity contribution in [1.82, 2.24) is 4.90 Å². The molecular weight excluding hydrogens is 256 g/mol. The van der Waals surface area contributed by atoms with Crippen molar-refractivity contribution in [3.63, 3.8) is 0 Å². The molecule has 0 saturated heterocycles. The monoisotopic (exact) mass is 282 g/mol. The van der Waals surface area contributed by atoms with Gasteiger partial charge in [-0.05, 0) is 49.7 Å². The molecule has 1 atom stereocenters. The zero-order valence-corrected chi connectivity index (χ0v) is 13.3. The zero-order chi connectivity index (χ0) is 15.1. The van der Waals surface area contributed by atoms with Gasteiger partial charge in [0, 0.05) is 18.8 Å². The van der Waals surface area contributed by atoms with E-state index in [1.54, 1.807) is 0 Å². The molecule has 112 valence electrons. The van der Waals surface area contributed by atoms with Crippen molar-refractivity contribution in [2.45, 2.75) is 25.8 Å². The maximum absolute atomic E-state index is 3.54. The van der Waals surface area contributed by atoms with Crippen molar-refractivity contribution in [3.05, 3.63) is 65.7 Å². The molecule has 0 amide bonds. The average Bonchev–Trinajstić information content (AvgIpc) is 2.48. The third kappa shape index (κ3) is 5.24. The molecule has 1 N–H and O–H groups in total. The third-order valence-electron chi connectivity index (χ3n) is 3.70. The van der Waals surface area contributed by atoms with Gasteiger partial charge in [-0.25, -0.2) is 0 Å². The first-order valence-corrected chi connectivity index (χ1v) is 7.67. The number of rotatable bonds is 7. The molecule has 2 aromatic rings. The van der Waals surface area contributed by atoms with E-state index in [9.17, 15) is 0 Å². The van der Waals surface area contributed by atoms with E-state index in [2.05, 4.69) is 85.8 Å². The highest BCUT2D eigenvalue weighted by molar-refractivity contribution is 5.45. The summed E-state index contributed by atoms with van der Waals surface area (Å²) in [6.07, 6.45) is 1.14. The largest absolute Gasteiger partial charge is 0.385 e. The first kappa shape index (κ1) is 15.6. The van der Waals surface area contributed by atoms with Crippen LogP contribution in [0.25, 0.3) is 0 Å². The highest BCUT2D eigenvalue weighted by Crippen LogP contribution is 2.19. The number of hydrogen-bond acceptors (Lipinski definition) is 2. The fourth-order valence-corrected chi connectivity index (χ4v) is 2.53. The van der Waals surface area contributed by atoms with Crippen molar-refractivity contribution < 1.29 is 0 Å². The number of benzene rings is 2. The van der Waals surface area contributed by atoms with Crippen LogP contribution in [0.15, 0.2) is 54.6 Å². The summed E-state index contributed by atoms with van der Waals surface area (Å²) >= 11 is 0. The van der Waals surface area contributed by atoms with E-state index >= 15 is 0 Å². The fraction of sp³-hybridized carbons (Fsp3) is 0.368. The van der Waals surface area contributed by atoms with Gasteiger partial charge in [-0.3, -0.25) is 0 Å². The van der Waals surface area contributed by atoms with Gasteiger partial charge < -0.3 is 10.2 Å². The number of hydrogen-bond donors (Lipinski definition) is 1. The Morgan fingerprint density at radius 1 is 1.00 bits per heavy atom. The first-order valence-electron chi connectivity index (χ1n) is 7.67. The summed E-state index contributed by atoms with van der Waals surface area (Å²) in [6.45, 7) is 4.27. The fourth-order valence-electron chi connectivity index (χ4n) is 2.53. The van der Waals surface area contributed by atoms with E-state index in [-0.39, 0.29) is 0 Å². The van der Waals surface area contributed by atoms with Gasteiger partial charge in [0.15, 0.2) is 0 Å². The lowest BCUT2D eigenvalue weighted by Gasteiger charge is -2.14. The summed E-state index contributed by atoms with van der Waals surface area (Å²) in [5.41, 5.74) is 3.98. The second-order valence-electron chi connectivity index (χ2n) is 5.97. The molecule has 2 heteroatoms. The Labute approximate surface area is 128 Å². The third-order valence-corrected chi connectivity index (χ3v) is 3.70. The van der Waals surface area contributed by atoms with Crippen LogP contribution in [0.3, 0.4) is 0 Å². The lowest BCUT2D eigenvalue weighted by Crippen LogP contribution is -2.11. The molecule has 0 heterocycles. The Kier molecular flexibility index (Phi) is 5.82. The van der Waals surface area contributed by atoms with Crippen LogP contribution in [-0.4, -0.2) is 25.5 Å². The van der Waals surface area contributed by atoms with Crippen LogP contribution in [0.5, 0.6) is 0 Å². The normalized spacial score (nSPS) is 12.4. The molecule has 0 fully saturated rings. The highest BCUT2D eigenvalue weighted by atomic mass is 15.0. The molecule has 0 aromatic heterocycles. The Morgan fingerprint density at radius 3 is 2.48 bits per heavy atom. The minimum atomic E-state index is 0.587. The summed E-state index contributed by atoms with van der Waals surface area (Å²) in [7, 11) is 4.20. The van der Waals surface area contributed by atoms with Crippen molar-refractivity contribution in [2.24, 2.45) is 0 Å². The minimum Gasteiger partial charge on any atom is -0.385 e. The van der Waals surface area contributed by atoms with Crippen LogP contribution in [0.1, 0.15) is 30.4 Å². The van der Waals surface area contributed by atoms with Crippen LogP contribution < -0.4 is 5.32 Å². The summed E-state index contributed by atoms with van der Waals surface area (Å²) in [4.78, 5) is 2.19. The topological polar surface area (TPSA) is 15.3 Å². The maximum Gasteiger partial charge on any atom is 0.0343 e. The van der Waals surface area contributed by atoms with Gasteiger partial charge >= 0.3 is 0 Å². The lowest BCUT2D eigenvalue weighted by molar-refractivity contribution is 0.402. The Balaban J connectivity index is 1.83. The molecule has 1 unspecified atom stereocenters. The molecule has 2 aromatic carbocycles. The molecular formula is C19H26N2. The highest BCUT2D eigenvalue weighted by Gasteiger charge is 2.04. The van der Waals surface area contributed by atoms with Crippen molar-refractivity contribution in [2.75, 3.05) is 26.0 Å². The second-order valence-corrected chi connectivity index (χ2v) is 5.97. The minimum absolute atomic E-state index is 0.587. The standard InChI is InChI=1S/C19H26N2/c1-16(18-9-5-4-6-10-18)12-13-20-19-11-7-8-17(14-19)15-21(2)3/h4-11,14,16,20H,12-13,15H2,1-3H3. The van der Waals surface area contributed by atoms with Crippen molar-refractivity contribution in [3.8, 4) is 0 Å². The van der Waals surface area contributed by atoms with Crippen molar-refractivity contribution >= 4 is 5.69 Å². The van der Waals surface area contributed by atoms with Gasteiger partial charge in [0.25, 0.3) is 0 Å². The zero-order valence-electron chi connectivity index (χ0n) is 13.3. The molecule has 0 radical (unpaired) electrons. The number of anilines is 1. The van der Waals surface area contributed by atoms with E-state index in [0.717, 1.165) is 19.5 Å². The van der Waals surface area contributed by atoms with Crippen LogP contribution in [0, 0.1) is 0 Å². The maximum atomic E-state index is 3.54. The predicted octanol–water partition coefficient (Wildman–Crippen LogP) is 4.35. The predicted molar refractivity (Wildman–Crippen MR) is 91.8 cm³/mol. The van der Waals surface area contributed by atoms with Gasteiger partial charge in [-0.1, -0.05) is 49.4 Å². The SMILES string of the molecule is CC(CCNc1cccc(CN(C)C)c1)c1ccccc1. The summed E-state index contributed by atoms with van der Waals surface area (Å²) in [5.74, 6) is 0.587. The van der Waals surface area contributed by atoms with E-state index in [1.165, 1.54) is 16.8 Å². The second kappa shape index (κ2) is 7.84. The van der Waals surface area contributed by atoms with Gasteiger partial charge in [0.2, 0.25) is 0 Å². The number of nitrogens with one attached hydrogen (secondary N) is 1. The lowest BCUT2D eigenvalue weighted by atomic mass is 9.98. The quantitative estimate of drug-likeness (QED) is 0.812. The molecule has 0 saturated carbocycles. The van der Waals surface area contributed by atoms with Crippen LogP contribution in [-0.2, 0) is 6.54 Å². The molecule has 0 aliphatic rings. The molecule has 0 spiro atoms. The average molecular weight is 282 g/mol. The number of nitrogens with zero attached hydrogens (tertiary/aromatic N) is 1. The molecule has 2 nitrogen and oxygen atoms in total. The Morgan fingerprint density at radius 2 is 1.76 bits per heavy atom. The van der Waals surface area contributed by atoms with Crippen LogP contribution >= 0.6 is 0 Å². The summed E-state index contributed by atoms with van der Waals surface area (Å²) in [6, 6.07) is 19.4. The van der Waals surface area contributed by atoms with Crippen LogP contribution in [0.2, 0.25) is 0 Å². The van der Waals surface area contributed by atoms with Gasteiger partial charge in [0.1, 0.15) is 0 Å².